The van der Waals surface area contributed by atoms with E-state index in [1.165, 1.54) is 0 Å². The second-order valence-corrected chi connectivity index (χ2v) is 4.68. The number of carbonyl (C=O) groups excluding carboxylic acids is 2. The van der Waals surface area contributed by atoms with E-state index in [1.54, 1.807) is 0 Å². The highest BCUT2D eigenvalue weighted by Crippen LogP contribution is 2.20. The van der Waals surface area contributed by atoms with E-state index in [2.05, 4.69) is 26.6 Å². The van der Waals surface area contributed by atoms with Gasteiger partial charge in [-0.25, -0.2) is 0 Å². The van der Waals surface area contributed by atoms with Crippen molar-refractivity contribution in [1.29, 1.82) is 0 Å². The Balaban J connectivity index is 2.44. The third-order valence-electron chi connectivity index (χ3n) is 2.29. The Kier molecular flexibility index (Phi) is 5.80. The second kappa shape index (κ2) is 7.13. The SMILES string of the molecule is Cc1ccc(Br)cc1NC(=O)CCNC(=O)CO. The molecule has 18 heavy (non-hydrogen) atoms. The number of carbonyl (C=O) groups is 2. The smallest absolute Gasteiger partial charge is 0.245 e. The number of aryl methyl sites for hydroxylation is 1. The molecule has 1 aromatic carbocycles. The molecule has 1 aromatic rings. The highest BCUT2D eigenvalue weighted by Gasteiger charge is 2.06. The molecule has 0 saturated heterocycles. The Morgan fingerprint density at radius 2 is 2.06 bits per heavy atom. The van der Waals surface area contributed by atoms with Crippen LogP contribution in [-0.4, -0.2) is 30.1 Å². The highest BCUT2D eigenvalue weighted by atomic mass is 79.9. The van der Waals surface area contributed by atoms with Gasteiger partial charge in [0.1, 0.15) is 6.61 Å². The number of anilines is 1. The van der Waals surface area contributed by atoms with Crippen molar-refractivity contribution in [3.63, 3.8) is 0 Å². The molecule has 0 aromatic heterocycles. The van der Waals surface area contributed by atoms with Crippen molar-refractivity contribution in [1.82, 2.24) is 5.32 Å². The first-order valence-corrected chi connectivity index (χ1v) is 6.26. The first-order chi connectivity index (χ1) is 8.52. The van der Waals surface area contributed by atoms with Crippen molar-refractivity contribution in [2.24, 2.45) is 0 Å². The normalized spacial score (nSPS) is 9.94. The minimum atomic E-state index is -0.563. The second-order valence-electron chi connectivity index (χ2n) is 3.77. The summed E-state index contributed by atoms with van der Waals surface area (Å²) in [6, 6.07) is 5.61. The van der Waals surface area contributed by atoms with Gasteiger partial charge < -0.3 is 15.7 Å². The monoisotopic (exact) mass is 314 g/mol. The molecule has 98 valence electrons. The largest absolute Gasteiger partial charge is 0.387 e. The number of nitrogens with one attached hydrogen (secondary N) is 2. The van der Waals surface area contributed by atoms with E-state index in [-0.39, 0.29) is 18.9 Å². The molecular formula is C12H15BrN2O3. The third kappa shape index (κ3) is 4.85. The van der Waals surface area contributed by atoms with Crippen LogP contribution in [0.1, 0.15) is 12.0 Å². The molecule has 0 radical (unpaired) electrons. The van der Waals surface area contributed by atoms with E-state index in [4.69, 9.17) is 5.11 Å². The summed E-state index contributed by atoms with van der Waals surface area (Å²) in [6.07, 6.45) is 0.164. The Morgan fingerprint density at radius 3 is 2.72 bits per heavy atom. The van der Waals surface area contributed by atoms with Crippen LogP contribution in [0.3, 0.4) is 0 Å². The van der Waals surface area contributed by atoms with Crippen LogP contribution in [0.4, 0.5) is 5.69 Å². The topological polar surface area (TPSA) is 78.4 Å². The van der Waals surface area contributed by atoms with Crippen molar-refractivity contribution >= 4 is 33.4 Å². The number of benzene rings is 1. The standard InChI is InChI=1S/C12H15BrN2O3/c1-8-2-3-9(13)6-10(8)15-11(17)4-5-14-12(18)7-16/h2-3,6,16H,4-5,7H2,1H3,(H,14,18)(H,15,17). The zero-order chi connectivity index (χ0) is 13.5. The van der Waals surface area contributed by atoms with Crippen LogP contribution in [-0.2, 0) is 9.59 Å². The van der Waals surface area contributed by atoms with Gasteiger partial charge in [-0.1, -0.05) is 22.0 Å². The number of aliphatic hydroxyl groups excluding tert-OH is 1. The molecule has 3 N–H and O–H groups in total. The van der Waals surface area contributed by atoms with Gasteiger partial charge in [0.15, 0.2) is 0 Å². The van der Waals surface area contributed by atoms with Crippen molar-refractivity contribution in [2.45, 2.75) is 13.3 Å². The van der Waals surface area contributed by atoms with E-state index in [0.29, 0.717) is 0 Å². The number of hydrogen-bond acceptors (Lipinski definition) is 3. The molecular weight excluding hydrogens is 300 g/mol. The zero-order valence-corrected chi connectivity index (χ0v) is 11.6. The number of amides is 2. The summed E-state index contributed by atoms with van der Waals surface area (Å²) in [6.45, 7) is 1.54. The molecule has 0 bridgehead atoms. The quantitative estimate of drug-likeness (QED) is 0.764. The average molecular weight is 315 g/mol. The van der Waals surface area contributed by atoms with Gasteiger partial charge in [0.25, 0.3) is 0 Å². The molecule has 0 aliphatic carbocycles. The average Bonchev–Trinajstić information content (AvgIpc) is 2.33. The van der Waals surface area contributed by atoms with Crippen molar-refractivity contribution in [3.8, 4) is 0 Å². The zero-order valence-electron chi connectivity index (χ0n) is 10.00. The fraction of sp³-hybridized carbons (Fsp3) is 0.333. The Morgan fingerprint density at radius 1 is 1.33 bits per heavy atom. The minimum absolute atomic E-state index is 0.164. The van der Waals surface area contributed by atoms with Gasteiger partial charge in [-0.2, -0.15) is 0 Å². The first kappa shape index (κ1) is 14.7. The molecule has 2 amide bonds. The van der Waals surface area contributed by atoms with Crippen LogP contribution >= 0.6 is 15.9 Å². The van der Waals surface area contributed by atoms with Crippen LogP contribution in [0.5, 0.6) is 0 Å². The fourth-order valence-corrected chi connectivity index (χ4v) is 1.67. The summed E-state index contributed by atoms with van der Waals surface area (Å²) in [4.78, 5) is 22.4. The lowest BCUT2D eigenvalue weighted by atomic mass is 10.2. The van der Waals surface area contributed by atoms with Gasteiger partial charge >= 0.3 is 0 Å². The van der Waals surface area contributed by atoms with Gasteiger partial charge in [0, 0.05) is 23.1 Å². The molecule has 1 rings (SSSR count). The lowest BCUT2D eigenvalue weighted by Crippen LogP contribution is -2.29. The third-order valence-corrected chi connectivity index (χ3v) is 2.78. The number of hydrogen-bond donors (Lipinski definition) is 3. The predicted molar refractivity (Wildman–Crippen MR) is 72.2 cm³/mol. The van der Waals surface area contributed by atoms with E-state index in [1.807, 2.05) is 25.1 Å². The van der Waals surface area contributed by atoms with E-state index in [0.717, 1.165) is 15.7 Å². The van der Waals surface area contributed by atoms with E-state index < -0.39 is 12.5 Å². The maximum Gasteiger partial charge on any atom is 0.245 e. The summed E-state index contributed by atoms with van der Waals surface area (Å²) in [5, 5.41) is 13.7. The lowest BCUT2D eigenvalue weighted by molar-refractivity contribution is -0.123. The lowest BCUT2D eigenvalue weighted by Gasteiger charge is -2.09. The number of rotatable bonds is 5. The van der Waals surface area contributed by atoms with Gasteiger partial charge in [-0.15, -0.1) is 0 Å². The molecule has 0 atom stereocenters. The fourth-order valence-electron chi connectivity index (χ4n) is 1.31. The van der Waals surface area contributed by atoms with Crippen LogP contribution in [0.2, 0.25) is 0 Å². The van der Waals surface area contributed by atoms with Crippen molar-refractivity contribution < 1.29 is 14.7 Å². The molecule has 0 saturated carbocycles. The Hall–Kier alpha value is -1.40. The van der Waals surface area contributed by atoms with Crippen molar-refractivity contribution in [2.75, 3.05) is 18.5 Å². The molecule has 0 aliphatic heterocycles. The minimum Gasteiger partial charge on any atom is -0.387 e. The highest BCUT2D eigenvalue weighted by molar-refractivity contribution is 9.10. The summed E-state index contributed by atoms with van der Waals surface area (Å²) in [5.41, 5.74) is 1.70. The summed E-state index contributed by atoms with van der Waals surface area (Å²) in [5.74, 6) is -0.670. The number of aliphatic hydroxyl groups is 1. The van der Waals surface area contributed by atoms with Crippen LogP contribution in [0.15, 0.2) is 22.7 Å². The molecule has 5 nitrogen and oxygen atoms in total. The predicted octanol–water partition coefficient (Wildman–Crippen LogP) is 1.19. The molecule has 0 fully saturated rings. The van der Waals surface area contributed by atoms with Crippen LogP contribution in [0.25, 0.3) is 0 Å². The molecule has 6 heteroatoms. The maximum atomic E-state index is 11.6. The summed E-state index contributed by atoms with van der Waals surface area (Å²) in [7, 11) is 0. The van der Waals surface area contributed by atoms with Crippen molar-refractivity contribution in [3.05, 3.63) is 28.2 Å². The first-order valence-electron chi connectivity index (χ1n) is 5.46. The molecule has 0 aliphatic rings. The molecule has 0 heterocycles. The summed E-state index contributed by atoms with van der Waals surface area (Å²) >= 11 is 3.33. The van der Waals surface area contributed by atoms with Gasteiger partial charge in [0.05, 0.1) is 0 Å². The van der Waals surface area contributed by atoms with Gasteiger partial charge in [0.2, 0.25) is 11.8 Å². The van der Waals surface area contributed by atoms with Gasteiger partial charge in [-0.3, -0.25) is 9.59 Å². The Labute approximate surface area is 114 Å². The van der Waals surface area contributed by atoms with E-state index in [9.17, 15) is 9.59 Å². The molecule has 0 unspecified atom stereocenters. The summed E-state index contributed by atoms with van der Waals surface area (Å²) < 4.78 is 0.886. The number of halogens is 1. The Bertz CT molecular complexity index is 449. The van der Waals surface area contributed by atoms with Gasteiger partial charge in [-0.05, 0) is 24.6 Å². The molecule has 0 spiro atoms. The van der Waals surface area contributed by atoms with Crippen LogP contribution in [0, 0.1) is 6.92 Å². The van der Waals surface area contributed by atoms with Crippen LogP contribution < -0.4 is 10.6 Å². The van der Waals surface area contributed by atoms with E-state index >= 15 is 0 Å². The maximum absolute atomic E-state index is 11.6.